The fourth-order valence-corrected chi connectivity index (χ4v) is 3.53. The lowest BCUT2D eigenvalue weighted by atomic mass is 9.87. The smallest absolute Gasteiger partial charge is 0.0634 e. The molecule has 2 rings (SSSR count). The summed E-state index contributed by atoms with van der Waals surface area (Å²) in [6.45, 7) is 3.27. The third-order valence-corrected chi connectivity index (χ3v) is 4.34. The minimum Gasteiger partial charge on any atom is -0.378 e. The van der Waals surface area contributed by atoms with Gasteiger partial charge in [0.1, 0.15) is 0 Å². The summed E-state index contributed by atoms with van der Waals surface area (Å²) in [6, 6.07) is 0. The second-order valence-corrected chi connectivity index (χ2v) is 5.21. The van der Waals surface area contributed by atoms with Crippen molar-refractivity contribution < 1.29 is 4.74 Å². The normalized spacial score (nSPS) is 42.4. The molecule has 0 amide bonds. The van der Waals surface area contributed by atoms with Crippen LogP contribution in [-0.2, 0) is 4.74 Å². The van der Waals surface area contributed by atoms with Gasteiger partial charge in [-0.25, -0.2) is 0 Å². The van der Waals surface area contributed by atoms with E-state index in [9.17, 15) is 0 Å². The van der Waals surface area contributed by atoms with E-state index < -0.39 is 0 Å². The molecule has 0 aromatic rings. The topological polar surface area (TPSA) is 9.23 Å². The van der Waals surface area contributed by atoms with Gasteiger partial charge in [-0.3, -0.25) is 0 Å². The summed E-state index contributed by atoms with van der Waals surface area (Å²) < 4.78 is 5.93. The molecule has 3 atom stereocenters. The van der Waals surface area contributed by atoms with Crippen LogP contribution in [0.15, 0.2) is 0 Å². The summed E-state index contributed by atoms with van der Waals surface area (Å²) >= 11 is 5.91. The van der Waals surface area contributed by atoms with Crippen LogP contribution < -0.4 is 0 Å². The van der Waals surface area contributed by atoms with E-state index in [0.717, 1.165) is 24.8 Å². The van der Waals surface area contributed by atoms with Gasteiger partial charge in [0.25, 0.3) is 0 Å². The van der Waals surface area contributed by atoms with Gasteiger partial charge in [-0.15, -0.1) is 11.6 Å². The molecule has 1 unspecified atom stereocenters. The van der Waals surface area contributed by atoms with E-state index in [1.54, 1.807) is 0 Å². The molecule has 2 fully saturated rings. The van der Waals surface area contributed by atoms with E-state index in [2.05, 4.69) is 6.92 Å². The lowest BCUT2D eigenvalue weighted by Crippen LogP contribution is -2.31. The average molecular weight is 217 g/mol. The Labute approximate surface area is 92.2 Å². The second-order valence-electron chi connectivity index (χ2n) is 4.84. The van der Waals surface area contributed by atoms with Crippen molar-refractivity contribution in [2.45, 2.75) is 51.6 Å². The minimum atomic E-state index is 0.483. The third kappa shape index (κ3) is 1.81. The third-order valence-electron chi connectivity index (χ3n) is 4.15. The van der Waals surface area contributed by atoms with E-state index in [-0.39, 0.29) is 0 Å². The van der Waals surface area contributed by atoms with Crippen molar-refractivity contribution in [3.05, 3.63) is 0 Å². The maximum atomic E-state index is 5.93. The van der Waals surface area contributed by atoms with Crippen molar-refractivity contribution in [2.75, 3.05) is 12.5 Å². The summed E-state index contributed by atoms with van der Waals surface area (Å²) in [5, 5.41) is 0. The quantitative estimate of drug-likeness (QED) is 0.653. The molecule has 0 N–H and O–H groups in total. The molecule has 1 heterocycles. The molecule has 1 aliphatic carbocycles. The largest absolute Gasteiger partial charge is 0.378 e. The molecule has 82 valence electrons. The summed E-state index contributed by atoms with van der Waals surface area (Å²) in [6.07, 6.45) is 8.23. The van der Waals surface area contributed by atoms with Crippen molar-refractivity contribution in [1.82, 2.24) is 0 Å². The zero-order valence-electron chi connectivity index (χ0n) is 9.10. The Morgan fingerprint density at radius 2 is 2.29 bits per heavy atom. The van der Waals surface area contributed by atoms with Gasteiger partial charge in [0, 0.05) is 17.9 Å². The van der Waals surface area contributed by atoms with Crippen molar-refractivity contribution in [3.63, 3.8) is 0 Å². The van der Waals surface area contributed by atoms with Gasteiger partial charge in [0.2, 0.25) is 0 Å². The van der Waals surface area contributed by atoms with Crippen LogP contribution in [0.2, 0.25) is 0 Å². The van der Waals surface area contributed by atoms with Gasteiger partial charge >= 0.3 is 0 Å². The van der Waals surface area contributed by atoms with Crippen LogP contribution in [0.25, 0.3) is 0 Å². The van der Waals surface area contributed by atoms with Crippen molar-refractivity contribution in [3.8, 4) is 0 Å². The maximum absolute atomic E-state index is 5.93. The van der Waals surface area contributed by atoms with Crippen LogP contribution in [0.5, 0.6) is 0 Å². The van der Waals surface area contributed by atoms with Crippen LogP contribution in [0, 0.1) is 11.3 Å². The molecule has 0 spiro atoms. The highest BCUT2D eigenvalue weighted by Gasteiger charge is 2.57. The lowest BCUT2D eigenvalue weighted by Gasteiger charge is -2.31. The standard InChI is InChI=1S/C12H21ClO/c1-2-10-9-12(10,6-7-13)11-5-3-4-8-14-11/h10-11H,2-9H2,1H3/t10-,11?,12-/m0/s1. The molecular formula is C12H21ClO. The molecule has 1 nitrogen and oxygen atoms in total. The lowest BCUT2D eigenvalue weighted by molar-refractivity contribution is -0.0370. The van der Waals surface area contributed by atoms with Crippen LogP contribution in [-0.4, -0.2) is 18.6 Å². The number of hydrogen-bond donors (Lipinski definition) is 0. The molecule has 1 saturated heterocycles. The highest BCUT2D eigenvalue weighted by atomic mass is 35.5. The Balaban J connectivity index is 1.96. The monoisotopic (exact) mass is 216 g/mol. The molecular weight excluding hydrogens is 196 g/mol. The predicted molar refractivity (Wildman–Crippen MR) is 59.8 cm³/mol. The van der Waals surface area contributed by atoms with Crippen LogP contribution in [0.3, 0.4) is 0 Å². The van der Waals surface area contributed by atoms with Gasteiger partial charge in [-0.05, 0) is 38.0 Å². The van der Waals surface area contributed by atoms with Crippen LogP contribution in [0.4, 0.5) is 0 Å². The fraction of sp³-hybridized carbons (Fsp3) is 1.00. The number of alkyl halides is 1. The molecule has 0 radical (unpaired) electrons. The van der Waals surface area contributed by atoms with E-state index >= 15 is 0 Å². The van der Waals surface area contributed by atoms with E-state index in [4.69, 9.17) is 16.3 Å². The molecule has 2 aliphatic rings. The number of rotatable bonds is 4. The summed E-state index contributed by atoms with van der Waals surface area (Å²) in [5.41, 5.74) is 0.483. The Bertz CT molecular complexity index is 189. The number of ether oxygens (including phenoxy) is 1. The molecule has 1 aliphatic heterocycles. The molecule has 0 bridgehead atoms. The van der Waals surface area contributed by atoms with Gasteiger partial charge < -0.3 is 4.74 Å². The highest BCUT2D eigenvalue weighted by molar-refractivity contribution is 6.17. The first-order valence-corrected chi connectivity index (χ1v) is 6.54. The zero-order valence-corrected chi connectivity index (χ0v) is 9.85. The SMILES string of the molecule is CC[C@H]1C[C@]1(CCCl)C1CCCCO1. The first-order valence-electron chi connectivity index (χ1n) is 6.01. The molecule has 0 aromatic carbocycles. The first-order chi connectivity index (χ1) is 6.83. The Kier molecular flexibility index (Phi) is 3.38. The van der Waals surface area contributed by atoms with Gasteiger partial charge in [0.15, 0.2) is 0 Å². The molecule has 2 heteroatoms. The summed E-state index contributed by atoms with van der Waals surface area (Å²) in [7, 11) is 0. The molecule has 0 aromatic heterocycles. The maximum Gasteiger partial charge on any atom is 0.0634 e. The van der Waals surface area contributed by atoms with E-state index in [1.807, 2.05) is 0 Å². The Morgan fingerprint density at radius 1 is 1.43 bits per heavy atom. The number of halogens is 1. The summed E-state index contributed by atoms with van der Waals surface area (Å²) in [4.78, 5) is 0. The first kappa shape index (κ1) is 10.8. The highest BCUT2D eigenvalue weighted by Crippen LogP contribution is 2.61. The van der Waals surface area contributed by atoms with Gasteiger partial charge in [-0.1, -0.05) is 13.3 Å². The zero-order chi connectivity index (χ0) is 10.0. The van der Waals surface area contributed by atoms with Crippen LogP contribution in [0.1, 0.15) is 45.4 Å². The predicted octanol–water partition coefficient (Wildman–Crippen LogP) is 3.60. The molecule has 1 saturated carbocycles. The molecule has 14 heavy (non-hydrogen) atoms. The van der Waals surface area contributed by atoms with Gasteiger partial charge in [-0.2, -0.15) is 0 Å². The van der Waals surface area contributed by atoms with E-state index in [1.165, 1.54) is 32.1 Å². The van der Waals surface area contributed by atoms with Crippen molar-refractivity contribution in [1.29, 1.82) is 0 Å². The minimum absolute atomic E-state index is 0.483. The Hall–Kier alpha value is 0.250. The average Bonchev–Trinajstić information content (AvgIpc) is 2.95. The fourth-order valence-electron chi connectivity index (χ4n) is 3.18. The number of hydrogen-bond acceptors (Lipinski definition) is 1. The second kappa shape index (κ2) is 4.40. The van der Waals surface area contributed by atoms with Crippen molar-refractivity contribution >= 4 is 11.6 Å². The van der Waals surface area contributed by atoms with Crippen LogP contribution >= 0.6 is 11.6 Å². The summed E-state index contributed by atoms with van der Waals surface area (Å²) in [5.74, 6) is 1.69. The van der Waals surface area contributed by atoms with Crippen molar-refractivity contribution in [2.24, 2.45) is 11.3 Å². The Morgan fingerprint density at radius 3 is 2.79 bits per heavy atom. The van der Waals surface area contributed by atoms with Gasteiger partial charge in [0.05, 0.1) is 6.10 Å². The van der Waals surface area contributed by atoms with E-state index in [0.29, 0.717) is 11.5 Å².